The highest BCUT2D eigenvalue weighted by Gasteiger charge is 2.24. The largest absolute Gasteiger partial charge is 0.358 e. The van der Waals surface area contributed by atoms with Crippen LogP contribution in [0.2, 0.25) is 0 Å². The molecule has 0 unspecified atom stereocenters. The second-order valence-electron chi connectivity index (χ2n) is 3.59. The average molecular weight is 226 g/mol. The lowest BCUT2D eigenvalue weighted by Gasteiger charge is -1.99. The molecule has 0 aliphatic rings. The normalized spacial score (nSPS) is 10.5. The van der Waals surface area contributed by atoms with Gasteiger partial charge in [0.15, 0.2) is 0 Å². The Balaban J connectivity index is 0.00000196. The van der Waals surface area contributed by atoms with Gasteiger partial charge in [-0.15, -0.1) is 0 Å². The van der Waals surface area contributed by atoms with E-state index < -0.39 is 9.93 Å². The quantitative estimate of drug-likeness (QED) is 0.585. The van der Waals surface area contributed by atoms with Crippen molar-refractivity contribution >= 4 is 15.0 Å². The Hall–Kier alpha value is -0.960. The summed E-state index contributed by atoms with van der Waals surface area (Å²) in [5.41, 5.74) is 1.12. The van der Waals surface area contributed by atoms with E-state index in [-0.39, 0.29) is 12.5 Å². The number of carbonyl (C=O) groups excluding carboxylic acids is 1. The summed E-state index contributed by atoms with van der Waals surface area (Å²) < 4.78 is 11.4. The Bertz CT molecular complexity index is 351. The van der Waals surface area contributed by atoms with Gasteiger partial charge in [-0.3, -0.25) is 0 Å². The van der Waals surface area contributed by atoms with Crippen molar-refractivity contribution in [1.29, 1.82) is 0 Å². The van der Waals surface area contributed by atoms with Gasteiger partial charge in [0.1, 0.15) is 22.4 Å². The maximum absolute atomic E-state index is 11.4. The molecule has 0 saturated carbocycles. The molecule has 3 heteroatoms. The summed E-state index contributed by atoms with van der Waals surface area (Å²) in [6.07, 6.45) is 4.05. The topological polar surface area (TPSA) is 34.1 Å². The van der Waals surface area contributed by atoms with Gasteiger partial charge in [0.2, 0.25) is 0 Å². The number of hydrogen-bond acceptors (Lipinski definition) is 2. The van der Waals surface area contributed by atoms with Crippen LogP contribution >= 0.6 is 0 Å². The summed E-state index contributed by atoms with van der Waals surface area (Å²) >= 11 is 0. The zero-order chi connectivity index (χ0) is 10.6. The van der Waals surface area contributed by atoms with Crippen molar-refractivity contribution in [2.45, 2.75) is 12.8 Å². The molecule has 84 valence electrons. The molecule has 1 rings (SSSR count). The van der Waals surface area contributed by atoms with Crippen molar-refractivity contribution in [1.82, 2.24) is 0 Å². The fourth-order valence-electron chi connectivity index (χ4n) is 1.14. The first kappa shape index (κ1) is 14.0. The van der Waals surface area contributed by atoms with E-state index >= 15 is 0 Å². The van der Waals surface area contributed by atoms with Crippen molar-refractivity contribution in [2.75, 3.05) is 12.5 Å². The van der Waals surface area contributed by atoms with Gasteiger partial charge in [-0.2, -0.15) is 0 Å². The van der Waals surface area contributed by atoms with E-state index in [4.69, 9.17) is 0 Å². The maximum Gasteiger partial charge on any atom is 0.333 e. The number of benzene rings is 1. The van der Waals surface area contributed by atoms with Gasteiger partial charge in [-0.1, -0.05) is 34.5 Å². The predicted molar refractivity (Wildman–Crippen MR) is 66.1 cm³/mol. The third-order valence-corrected chi connectivity index (χ3v) is 3.31. The third-order valence-electron chi connectivity index (χ3n) is 2.01. The molecule has 1 aromatic rings. The predicted octanol–water partition coefficient (Wildman–Crippen LogP) is 2.36. The van der Waals surface area contributed by atoms with E-state index in [2.05, 4.69) is 0 Å². The van der Waals surface area contributed by atoms with Crippen LogP contribution < -0.4 is 0 Å². The van der Waals surface area contributed by atoms with Crippen molar-refractivity contribution in [2.24, 2.45) is 0 Å². The van der Waals surface area contributed by atoms with E-state index in [0.717, 1.165) is 5.56 Å². The lowest BCUT2D eigenvalue weighted by atomic mass is 10.1. The van der Waals surface area contributed by atoms with Gasteiger partial charge in [-0.25, -0.2) is 4.79 Å². The summed E-state index contributed by atoms with van der Waals surface area (Å²) in [5.74, 6) is 0. The standard InChI is InChI=1S/C11H15O2S.CH3/c1-14(2,13)11(12)9-8-10-6-4-3-5-7-10;/h3-7H,8-9H2,1-2H3;1H3/q+1;-1. The fourth-order valence-corrected chi connectivity index (χ4v) is 1.73. The average Bonchev–Trinajstić information content (AvgIpc) is 2.14. The molecule has 0 atom stereocenters. The molecule has 0 aliphatic heterocycles. The van der Waals surface area contributed by atoms with E-state index in [1.54, 1.807) is 0 Å². The maximum atomic E-state index is 11.4. The summed E-state index contributed by atoms with van der Waals surface area (Å²) in [5, 5.41) is -0.138. The van der Waals surface area contributed by atoms with Crippen LogP contribution in [0.3, 0.4) is 0 Å². The first-order valence-corrected chi connectivity index (χ1v) is 6.88. The highest BCUT2D eigenvalue weighted by atomic mass is 32.2. The van der Waals surface area contributed by atoms with Gasteiger partial charge in [-0.05, 0) is 12.0 Å². The molecule has 2 nitrogen and oxygen atoms in total. The summed E-state index contributed by atoms with van der Waals surface area (Å²) in [4.78, 5) is 11.4. The Morgan fingerprint density at radius 2 is 1.73 bits per heavy atom. The molecule has 0 N–H and O–H groups in total. The second-order valence-corrected chi connectivity index (χ2v) is 6.51. The monoisotopic (exact) mass is 226 g/mol. The molecule has 0 bridgehead atoms. The highest BCUT2D eigenvalue weighted by Crippen LogP contribution is 2.07. The van der Waals surface area contributed by atoms with E-state index in [0.29, 0.717) is 12.8 Å². The Morgan fingerprint density at radius 3 is 2.20 bits per heavy atom. The van der Waals surface area contributed by atoms with Gasteiger partial charge < -0.3 is 7.43 Å². The fraction of sp³-hybridized carbons (Fsp3) is 0.333. The van der Waals surface area contributed by atoms with Crippen LogP contribution in [0.4, 0.5) is 0 Å². The van der Waals surface area contributed by atoms with Crippen molar-refractivity contribution in [3.8, 4) is 0 Å². The Labute approximate surface area is 93.1 Å². The Morgan fingerprint density at radius 1 is 1.20 bits per heavy atom. The van der Waals surface area contributed by atoms with Gasteiger partial charge in [0, 0.05) is 0 Å². The van der Waals surface area contributed by atoms with Gasteiger partial charge in [0.05, 0.1) is 6.42 Å². The molecule has 0 saturated heterocycles. The first-order valence-electron chi connectivity index (χ1n) is 4.51. The summed E-state index contributed by atoms with van der Waals surface area (Å²) in [6.45, 7) is 0. The molecule has 0 fully saturated rings. The van der Waals surface area contributed by atoms with E-state index in [1.807, 2.05) is 30.3 Å². The number of hydrogen-bond donors (Lipinski definition) is 0. The molecule has 0 amide bonds. The van der Waals surface area contributed by atoms with Crippen LogP contribution in [0, 0.1) is 7.43 Å². The lowest BCUT2D eigenvalue weighted by molar-refractivity contribution is -0.111. The van der Waals surface area contributed by atoms with E-state index in [9.17, 15) is 9.00 Å². The number of aryl methyl sites for hydroxylation is 1. The molecule has 15 heavy (non-hydrogen) atoms. The second kappa shape index (κ2) is 5.81. The van der Waals surface area contributed by atoms with Crippen molar-refractivity contribution < 1.29 is 9.00 Å². The minimum atomic E-state index is -2.26. The van der Waals surface area contributed by atoms with Crippen molar-refractivity contribution in [3.05, 3.63) is 43.3 Å². The molecule has 0 aromatic heterocycles. The number of rotatable bonds is 3. The minimum absolute atomic E-state index is 0. The van der Waals surface area contributed by atoms with Crippen LogP contribution in [0.1, 0.15) is 12.0 Å². The molecule has 0 spiro atoms. The minimum Gasteiger partial charge on any atom is -0.358 e. The van der Waals surface area contributed by atoms with Crippen molar-refractivity contribution in [3.63, 3.8) is 0 Å². The molecular weight excluding hydrogens is 208 g/mol. The summed E-state index contributed by atoms with van der Waals surface area (Å²) in [6, 6.07) is 9.76. The summed E-state index contributed by atoms with van der Waals surface area (Å²) in [7, 11) is -2.26. The molecular formula is C12H18O2S. The Kier molecular flexibility index (Phi) is 5.44. The molecule has 1 aromatic carbocycles. The number of carbonyl (C=O) groups is 1. The SMILES string of the molecule is C[S+](C)(=O)C(=O)CCc1ccccc1.[CH3-]. The van der Waals surface area contributed by atoms with Gasteiger partial charge >= 0.3 is 5.12 Å². The van der Waals surface area contributed by atoms with Crippen LogP contribution in [0.5, 0.6) is 0 Å². The van der Waals surface area contributed by atoms with Crippen LogP contribution in [0.15, 0.2) is 30.3 Å². The zero-order valence-corrected chi connectivity index (χ0v) is 10.3. The van der Waals surface area contributed by atoms with Crippen LogP contribution in [-0.4, -0.2) is 17.6 Å². The van der Waals surface area contributed by atoms with E-state index in [1.165, 1.54) is 12.5 Å². The zero-order valence-electron chi connectivity index (χ0n) is 9.53. The highest BCUT2D eigenvalue weighted by molar-refractivity contribution is 8.15. The molecule has 0 radical (unpaired) electrons. The van der Waals surface area contributed by atoms with Crippen LogP contribution in [0.25, 0.3) is 0 Å². The lowest BCUT2D eigenvalue weighted by Crippen LogP contribution is -2.19. The smallest absolute Gasteiger partial charge is 0.333 e. The third kappa shape index (κ3) is 4.88. The van der Waals surface area contributed by atoms with Crippen LogP contribution in [-0.2, 0) is 25.4 Å². The molecule has 0 aliphatic carbocycles. The van der Waals surface area contributed by atoms with Gasteiger partial charge in [0.25, 0.3) is 0 Å². The first-order chi connectivity index (χ1) is 6.50. The molecule has 0 heterocycles.